The van der Waals surface area contributed by atoms with Crippen LogP contribution < -0.4 is 5.73 Å². The lowest BCUT2D eigenvalue weighted by atomic mass is 10.0. The largest absolute Gasteiger partial charge is 0.384 e. The third kappa shape index (κ3) is 1.70. The van der Waals surface area contributed by atoms with Crippen molar-refractivity contribution in [3.63, 3.8) is 0 Å². The van der Waals surface area contributed by atoms with Crippen molar-refractivity contribution in [2.24, 2.45) is 0 Å². The fourth-order valence-corrected chi connectivity index (χ4v) is 1.18. The molecule has 2 nitrogen and oxygen atoms in total. The molecule has 0 aliphatic carbocycles. The minimum Gasteiger partial charge on any atom is -0.384 e. The summed E-state index contributed by atoms with van der Waals surface area (Å²) in [6.45, 7) is 6.37. The Morgan fingerprint density at radius 3 is 2.55 bits per heavy atom. The van der Waals surface area contributed by atoms with E-state index in [2.05, 4.69) is 25.8 Å². The van der Waals surface area contributed by atoms with Crippen molar-refractivity contribution in [2.75, 3.05) is 5.73 Å². The quantitative estimate of drug-likeness (QED) is 0.665. The topological polar surface area (TPSA) is 38.9 Å². The highest BCUT2D eigenvalue weighted by Crippen LogP contribution is 2.19. The number of nitrogen functional groups attached to an aromatic ring is 1. The monoisotopic (exact) mass is 150 g/mol. The van der Waals surface area contributed by atoms with Gasteiger partial charge in [-0.25, -0.2) is 4.98 Å². The smallest absolute Gasteiger partial charge is 0.123 e. The van der Waals surface area contributed by atoms with Crippen LogP contribution in [0.4, 0.5) is 5.82 Å². The van der Waals surface area contributed by atoms with Crippen LogP contribution in [-0.2, 0) is 0 Å². The van der Waals surface area contributed by atoms with Crippen LogP contribution in [0.25, 0.3) is 0 Å². The van der Waals surface area contributed by atoms with Crippen molar-refractivity contribution < 1.29 is 0 Å². The maximum Gasteiger partial charge on any atom is 0.123 e. The van der Waals surface area contributed by atoms with Crippen LogP contribution in [-0.4, -0.2) is 4.98 Å². The average molecular weight is 150 g/mol. The maximum absolute atomic E-state index is 5.55. The molecule has 60 valence electrons. The van der Waals surface area contributed by atoms with Crippen molar-refractivity contribution in [1.82, 2.24) is 4.98 Å². The molecule has 0 fully saturated rings. The number of aromatic nitrogens is 1. The Morgan fingerprint density at radius 2 is 2.09 bits per heavy atom. The first kappa shape index (κ1) is 8.05. The number of pyridine rings is 1. The van der Waals surface area contributed by atoms with E-state index in [9.17, 15) is 0 Å². The highest BCUT2D eigenvalue weighted by Gasteiger charge is 2.03. The highest BCUT2D eigenvalue weighted by molar-refractivity contribution is 5.37. The Morgan fingerprint density at radius 1 is 1.45 bits per heavy atom. The van der Waals surface area contributed by atoms with Gasteiger partial charge >= 0.3 is 0 Å². The number of hydrogen-bond donors (Lipinski definition) is 1. The van der Waals surface area contributed by atoms with Crippen LogP contribution in [0.2, 0.25) is 0 Å². The summed E-state index contributed by atoms with van der Waals surface area (Å²) < 4.78 is 0. The molecule has 1 aromatic heterocycles. The summed E-state index contributed by atoms with van der Waals surface area (Å²) in [5, 5.41) is 0. The average Bonchev–Trinajstić information content (AvgIpc) is 1.94. The zero-order valence-electron chi connectivity index (χ0n) is 7.26. The summed E-state index contributed by atoms with van der Waals surface area (Å²) in [4.78, 5) is 4.00. The number of rotatable bonds is 1. The van der Waals surface area contributed by atoms with Crippen LogP contribution in [0.3, 0.4) is 0 Å². The fourth-order valence-electron chi connectivity index (χ4n) is 1.18. The van der Waals surface area contributed by atoms with Gasteiger partial charge in [0.25, 0.3) is 0 Å². The van der Waals surface area contributed by atoms with Gasteiger partial charge in [-0.3, -0.25) is 0 Å². The van der Waals surface area contributed by atoms with Crippen LogP contribution in [0.15, 0.2) is 12.3 Å². The molecule has 0 aliphatic heterocycles. The summed E-state index contributed by atoms with van der Waals surface area (Å²) in [6.07, 6.45) is 1.82. The van der Waals surface area contributed by atoms with Gasteiger partial charge in [-0.15, -0.1) is 0 Å². The van der Waals surface area contributed by atoms with Crippen LogP contribution >= 0.6 is 0 Å². The van der Waals surface area contributed by atoms with Crippen molar-refractivity contribution in [1.29, 1.82) is 0 Å². The Kier molecular flexibility index (Phi) is 2.13. The molecule has 2 N–H and O–H groups in total. The molecule has 0 spiro atoms. The second-order valence-corrected chi connectivity index (χ2v) is 3.12. The van der Waals surface area contributed by atoms with E-state index in [4.69, 9.17) is 5.73 Å². The maximum atomic E-state index is 5.55. The minimum atomic E-state index is 0.528. The summed E-state index contributed by atoms with van der Waals surface area (Å²) in [6, 6.07) is 1.94. The van der Waals surface area contributed by atoms with Gasteiger partial charge < -0.3 is 5.73 Å². The molecular formula is C9H14N2. The molecular weight excluding hydrogens is 136 g/mol. The molecule has 0 unspecified atom stereocenters. The second kappa shape index (κ2) is 2.91. The van der Waals surface area contributed by atoms with Gasteiger partial charge in [-0.05, 0) is 30.0 Å². The molecule has 0 bridgehead atoms. The molecule has 2 heteroatoms. The van der Waals surface area contributed by atoms with Crippen LogP contribution in [0.1, 0.15) is 30.9 Å². The van der Waals surface area contributed by atoms with E-state index in [0.717, 1.165) is 0 Å². The van der Waals surface area contributed by atoms with Gasteiger partial charge in [0.1, 0.15) is 5.82 Å². The number of hydrogen-bond acceptors (Lipinski definition) is 2. The zero-order valence-corrected chi connectivity index (χ0v) is 7.26. The highest BCUT2D eigenvalue weighted by atomic mass is 14.8. The van der Waals surface area contributed by atoms with Gasteiger partial charge in [0.15, 0.2) is 0 Å². The van der Waals surface area contributed by atoms with Gasteiger partial charge in [0.05, 0.1) is 0 Å². The molecule has 0 aliphatic rings. The van der Waals surface area contributed by atoms with E-state index >= 15 is 0 Å². The van der Waals surface area contributed by atoms with Crippen LogP contribution in [0.5, 0.6) is 0 Å². The molecule has 1 rings (SSSR count). The minimum absolute atomic E-state index is 0.528. The normalized spacial score (nSPS) is 10.5. The molecule has 0 aromatic carbocycles. The SMILES string of the molecule is Cc1cnc(N)cc1C(C)C. The molecule has 0 atom stereocenters. The number of anilines is 1. The van der Waals surface area contributed by atoms with Crippen molar-refractivity contribution in [3.8, 4) is 0 Å². The Balaban J connectivity index is 3.13. The molecule has 0 saturated carbocycles. The first-order valence-corrected chi connectivity index (χ1v) is 3.83. The number of nitrogens with zero attached hydrogens (tertiary/aromatic N) is 1. The van der Waals surface area contributed by atoms with Crippen molar-refractivity contribution in [3.05, 3.63) is 23.4 Å². The van der Waals surface area contributed by atoms with E-state index in [1.165, 1.54) is 11.1 Å². The lowest BCUT2D eigenvalue weighted by molar-refractivity contribution is 0.853. The molecule has 11 heavy (non-hydrogen) atoms. The lowest BCUT2D eigenvalue weighted by Crippen LogP contribution is -1.97. The van der Waals surface area contributed by atoms with E-state index < -0.39 is 0 Å². The molecule has 1 heterocycles. The van der Waals surface area contributed by atoms with Crippen LogP contribution in [0, 0.1) is 6.92 Å². The van der Waals surface area contributed by atoms with E-state index in [1.54, 1.807) is 0 Å². The number of aryl methyl sites for hydroxylation is 1. The van der Waals surface area contributed by atoms with Gasteiger partial charge in [0, 0.05) is 6.20 Å². The third-order valence-corrected chi connectivity index (χ3v) is 1.79. The van der Waals surface area contributed by atoms with E-state index in [0.29, 0.717) is 11.7 Å². The first-order chi connectivity index (χ1) is 5.11. The predicted molar refractivity (Wildman–Crippen MR) is 47.5 cm³/mol. The summed E-state index contributed by atoms with van der Waals surface area (Å²) >= 11 is 0. The Labute approximate surface area is 67.5 Å². The predicted octanol–water partition coefficient (Wildman–Crippen LogP) is 2.10. The van der Waals surface area contributed by atoms with Crippen molar-refractivity contribution in [2.45, 2.75) is 26.7 Å². The molecule has 0 amide bonds. The summed E-state index contributed by atoms with van der Waals surface area (Å²) in [7, 11) is 0. The fraction of sp³-hybridized carbons (Fsp3) is 0.444. The third-order valence-electron chi connectivity index (χ3n) is 1.79. The lowest BCUT2D eigenvalue weighted by Gasteiger charge is -2.08. The van der Waals surface area contributed by atoms with E-state index in [1.807, 2.05) is 12.3 Å². The Bertz CT molecular complexity index is 254. The molecule has 0 saturated heterocycles. The Hall–Kier alpha value is -1.05. The van der Waals surface area contributed by atoms with E-state index in [-0.39, 0.29) is 0 Å². The summed E-state index contributed by atoms with van der Waals surface area (Å²) in [5.74, 6) is 1.14. The summed E-state index contributed by atoms with van der Waals surface area (Å²) in [5.41, 5.74) is 8.06. The van der Waals surface area contributed by atoms with Gasteiger partial charge in [-0.2, -0.15) is 0 Å². The molecule has 0 radical (unpaired) electrons. The molecule has 1 aromatic rings. The van der Waals surface area contributed by atoms with Crippen molar-refractivity contribution >= 4 is 5.82 Å². The zero-order chi connectivity index (χ0) is 8.43. The first-order valence-electron chi connectivity index (χ1n) is 3.83. The standard InChI is InChI=1S/C9H14N2/c1-6(2)8-4-9(10)11-5-7(8)3/h4-6H,1-3H3,(H2,10,11). The van der Waals surface area contributed by atoms with Gasteiger partial charge in [-0.1, -0.05) is 13.8 Å². The second-order valence-electron chi connectivity index (χ2n) is 3.12. The van der Waals surface area contributed by atoms with Gasteiger partial charge in [0.2, 0.25) is 0 Å². The number of nitrogens with two attached hydrogens (primary N) is 1.